The van der Waals surface area contributed by atoms with E-state index in [9.17, 15) is 4.79 Å². The molecule has 5 heteroatoms. The van der Waals surface area contributed by atoms with E-state index in [1.807, 2.05) is 24.3 Å². The van der Waals surface area contributed by atoms with Gasteiger partial charge in [0.2, 0.25) is 0 Å². The van der Waals surface area contributed by atoms with Crippen LogP contribution in [-0.4, -0.2) is 19.0 Å². The Morgan fingerprint density at radius 1 is 1.32 bits per heavy atom. The largest absolute Gasteiger partial charge is 1.00 e. The molecule has 1 heterocycles. The number of piperidine rings is 1. The number of carbonyl (C=O) groups is 1. The molecule has 0 spiro atoms. The molecule has 0 saturated carbocycles. The van der Waals surface area contributed by atoms with Crippen LogP contribution in [0.15, 0.2) is 24.3 Å². The molecular formula is C14H16KN3O. The number of rotatable bonds is 2. The smallest absolute Gasteiger partial charge is 0.508 e. The number of hydrogen-bond acceptors (Lipinski definition) is 3. The van der Waals surface area contributed by atoms with E-state index in [1.54, 1.807) is 0 Å². The van der Waals surface area contributed by atoms with E-state index in [-0.39, 0.29) is 63.2 Å². The molecule has 1 aromatic carbocycles. The summed E-state index contributed by atoms with van der Waals surface area (Å²) < 4.78 is 0. The summed E-state index contributed by atoms with van der Waals surface area (Å²) in [7, 11) is 3.41. The van der Waals surface area contributed by atoms with Gasteiger partial charge < -0.3 is 10.2 Å². The minimum absolute atomic E-state index is 0. The van der Waals surface area contributed by atoms with E-state index in [2.05, 4.69) is 23.3 Å². The van der Waals surface area contributed by atoms with Crippen LogP contribution in [0.4, 0.5) is 5.69 Å². The zero-order valence-electron chi connectivity index (χ0n) is 11.2. The van der Waals surface area contributed by atoms with Crippen molar-refractivity contribution in [1.29, 1.82) is 5.26 Å². The molecule has 0 aromatic heterocycles. The first kappa shape index (κ1) is 16.7. The number of amides is 1. The molecule has 4 nitrogen and oxygen atoms in total. The van der Waals surface area contributed by atoms with E-state index in [1.165, 1.54) is 0 Å². The molecule has 0 bridgehead atoms. The van der Waals surface area contributed by atoms with Gasteiger partial charge in [0.15, 0.2) is 5.91 Å². The predicted octanol–water partition coefficient (Wildman–Crippen LogP) is -1.31. The second-order valence-electron chi connectivity index (χ2n) is 4.46. The van der Waals surface area contributed by atoms with Gasteiger partial charge in [-0.2, -0.15) is 5.26 Å². The number of carbonyl (C=O) groups excluding carboxylic acids is 1. The summed E-state index contributed by atoms with van der Waals surface area (Å²) in [5.41, 5.74) is 1.78. The first-order valence-electron chi connectivity index (χ1n) is 6.06. The van der Waals surface area contributed by atoms with Crippen molar-refractivity contribution in [2.75, 3.05) is 18.0 Å². The van der Waals surface area contributed by atoms with E-state index in [4.69, 9.17) is 5.26 Å². The first-order chi connectivity index (χ1) is 8.74. The minimum atomic E-state index is 0. The van der Waals surface area contributed by atoms with Gasteiger partial charge in [-0.25, -0.2) is 0 Å². The molecule has 19 heavy (non-hydrogen) atoms. The summed E-state index contributed by atoms with van der Waals surface area (Å²) in [5, 5.41) is 11.2. The van der Waals surface area contributed by atoms with Crippen LogP contribution >= 0.6 is 0 Å². The average molecular weight is 281 g/mol. The van der Waals surface area contributed by atoms with Crippen molar-refractivity contribution in [2.45, 2.75) is 12.8 Å². The molecule has 2 rings (SSSR count). The summed E-state index contributed by atoms with van der Waals surface area (Å²) >= 11 is 0. The van der Waals surface area contributed by atoms with E-state index in [0.717, 1.165) is 31.6 Å². The Morgan fingerprint density at radius 3 is 2.37 bits per heavy atom. The van der Waals surface area contributed by atoms with Crippen molar-refractivity contribution < 1.29 is 56.2 Å². The second-order valence-corrected chi connectivity index (χ2v) is 4.46. The van der Waals surface area contributed by atoms with Gasteiger partial charge in [0.05, 0.1) is 11.6 Å². The van der Waals surface area contributed by atoms with Crippen molar-refractivity contribution in [3.8, 4) is 6.07 Å². The van der Waals surface area contributed by atoms with Gasteiger partial charge in [-0.05, 0) is 37.1 Å². The molecule has 1 fully saturated rings. The maximum absolute atomic E-state index is 11.5. The molecule has 1 aromatic rings. The van der Waals surface area contributed by atoms with Crippen molar-refractivity contribution >= 4 is 11.6 Å². The van der Waals surface area contributed by atoms with Crippen LogP contribution in [0, 0.1) is 24.3 Å². The van der Waals surface area contributed by atoms with Crippen molar-refractivity contribution in [3.05, 3.63) is 36.9 Å². The minimum Gasteiger partial charge on any atom is -0.508 e. The summed E-state index contributed by atoms with van der Waals surface area (Å²) in [6.45, 7) is 1.73. The zero-order chi connectivity index (χ0) is 13.0. The topological polar surface area (TPSA) is 56.1 Å². The summed E-state index contributed by atoms with van der Waals surface area (Å²) in [6.07, 6.45) is 1.70. The molecule has 1 aliphatic heterocycles. The number of nitrogens with zero attached hydrogens (tertiary/aromatic N) is 2. The Labute approximate surface area is 156 Å². The Kier molecular flexibility index (Phi) is 7.04. The Hall–Kier alpha value is -0.384. The van der Waals surface area contributed by atoms with Crippen LogP contribution in [0.1, 0.15) is 18.4 Å². The predicted molar refractivity (Wildman–Crippen MR) is 69.6 cm³/mol. The first-order valence-corrected chi connectivity index (χ1v) is 6.06. The zero-order valence-corrected chi connectivity index (χ0v) is 14.3. The maximum Gasteiger partial charge on any atom is 1.00 e. The van der Waals surface area contributed by atoms with Gasteiger partial charge in [0.1, 0.15) is 0 Å². The van der Waals surface area contributed by atoms with E-state index < -0.39 is 0 Å². The summed E-state index contributed by atoms with van der Waals surface area (Å²) in [6, 6.07) is 9.67. The molecular weight excluding hydrogens is 265 g/mol. The fourth-order valence-corrected chi connectivity index (χ4v) is 2.29. The monoisotopic (exact) mass is 281 g/mol. The van der Waals surface area contributed by atoms with Crippen LogP contribution in [0.2, 0.25) is 0 Å². The molecule has 0 radical (unpaired) electrons. The third-order valence-electron chi connectivity index (χ3n) is 3.40. The van der Waals surface area contributed by atoms with E-state index >= 15 is 0 Å². The number of anilines is 1. The third kappa shape index (κ3) is 4.30. The van der Waals surface area contributed by atoms with E-state index in [0.29, 0.717) is 5.56 Å². The van der Waals surface area contributed by atoms with Crippen molar-refractivity contribution in [1.82, 2.24) is 5.32 Å². The SMILES string of the molecule is [CH2-]NC(=O)C1CCN(c2ccc(C#N)cc2)CC1.[K+]. The molecule has 0 unspecified atom stereocenters. The van der Waals surface area contributed by atoms with Crippen LogP contribution in [0.25, 0.3) is 0 Å². The quantitative estimate of drug-likeness (QED) is 0.541. The molecule has 1 aliphatic rings. The normalized spacial score (nSPS) is 15.3. The summed E-state index contributed by atoms with van der Waals surface area (Å²) in [5.74, 6) is 0.117. The van der Waals surface area contributed by atoms with Gasteiger partial charge in [-0.15, -0.1) is 0 Å². The Balaban J connectivity index is 0.00000180. The van der Waals surface area contributed by atoms with Gasteiger partial charge in [-0.3, -0.25) is 11.8 Å². The molecule has 1 N–H and O–H groups in total. The van der Waals surface area contributed by atoms with Gasteiger partial charge in [0.25, 0.3) is 0 Å². The fourth-order valence-electron chi connectivity index (χ4n) is 2.29. The standard InChI is InChI=1S/C14H16N3O.K/c1-16-14(18)12-6-8-17(9-7-12)13-4-2-11(10-15)3-5-13;/h2-5,12H,1,6-9H2,(H,16,18);/q-1;+1. The molecule has 0 aliphatic carbocycles. The number of nitrogens with one attached hydrogen (secondary N) is 1. The average Bonchev–Trinajstić information content (AvgIpc) is 2.47. The van der Waals surface area contributed by atoms with Crippen LogP contribution in [-0.2, 0) is 4.79 Å². The molecule has 94 valence electrons. The van der Waals surface area contributed by atoms with Gasteiger partial charge >= 0.3 is 51.4 Å². The molecule has 0 atom stereocenters. The van der Waals surface area contributed by atoms with Gasteiger partial charge in [-0.1, -0.05) is 0 Å². The fraction of sp³-hybridized carbons (Fsp3) is 0.357. The number of benzene rings is 1. The van der Waals surface area contributed by atoms with Crippen molar-refractivity contribution in [2.24, 2.45) is 5.92 Å². The molecule has 1 saturated heterocycles. The van der Waals surface area contributed by atoms with Crippen molar-refractivity contribution in [3.63, 3.8) is 0 Å². The Bertz CT molecular complexity index is 459. The third-order valence-corrected chi connectivity index (χ3v) is 3.40. The second kappa shape index (κ2) is 8.03. The van der Waals surface area contributed by atoms with Gasteiger partial charge in [0, 0.05) is 24.7 Å². The maximum atomic E-state index is 11.5. The Morgan fingerprint density at radius 2 is 1.89 bits per heavy atom. The summed E-state index contributed by atoms with van der Waals surface area (Å²) in [4.78, 5) is 13.7. The van der Waals surface area contributed by atoms with Crippen LogP contribution < -0.4 is 61.6 Å². The van der Waals surface area contributed by atoms with Crippen LogP contribution in [0.3, 0.4) is 0 Å². The van der Waals surface area contributed by atoms with Crippen LogP contribution in [0.5, 0.6) is 0 Å². The number of hydrogen-bond donors (Lipinski definition) is 1. The number of nitriles is 1. The molecule has 1 amide bonds.